The predicted molar refractivity (Wildman–Crippen MR) is 141 cm³/mol. The van der Waals surface area contributed by atoms with E-state index in [-0.39, 0.29) is 36.5 Å². The maximum atomic E-state index is 14.2. The molecule has 0 saturated carbocycles. The zero-order valence-corrected chi connectivity index (χ0v) is 21.4. The molecule has 0 aliphatic carbocycles. The number of halogens is 6. The molecule has 2 heterocycles. The van der Waals surface area contributed by atoms with Crippen molar-refractivity contribution in [2.24, 2.45) is 0 Å². The second kappa shape index (κ2) is 11.0. The Kier molecular flexibility index (Phi) is 7.91. The highest BCUT2D eigenvalue weighted by Crippen LogP contribution is 2.33. The van der Waals surface area contributed by atoms with Crippen LogP contribution >= 0.6 is 12.4 Å². The Morgan fingerprint density at radius 3 is 2.28 bits per heavy atom. The Bertz CT molecular complexity index is 1500. The van der Waals surface area contributed by atoms with Gasteiger partial charge in [0, 0.05) is 42.0 Å². The second-order valence-electron chi connectivity index (χ2n) is 9.04. The number of anilines is 2. The number of alkyl halides is 3. The van der Waals surface area contributed by atoms with Crippen molar-refractivity contribution >= 4 is 40.7 Å². The Hall–Kier alpha value is -3.99. The monoisotopic (exact) mass is 563 g/mol. The summed E-state index contributed by atoms with van der Waals surface area (Å²) in [5.74, 6) is -0.880. The number of hydrogen-bond acceptors (Lipinski definition) is 4. The minimum atomic E-state index is -4.68. The number of fused-ring (bicyclic) bond motifs is 1. The third kappa shape index (κ3) is 5.73. The van der Waals surface area contributed by atoms with Gasteiger partial charge < -0.3 is 15.1 Å². The number of nitrogens with zero attached hydrogens (tertiary/aromatic N) is 4. The molecule has 0 spiro atoms. The lowest BCUT2D eigenvalue weighted by atomic mass is 10.0. The van der Waals surface area contributed by atoms with E-state index >= 15 is 0 Å². The summed E-state index contributed by atoms with van der Waals surface area (Å²) in [6, 6.07) is 14.7. The minimum Gasteiger partial charge on any atom is -0.351 e. The molecular formula is C27H23ClF5N5O. The largest absolute Gasteiger partial charge is 0.416 e. The highest BCUT2D eigenvalue weighted by Gasteiger charge is 2.32. The first-order valence-electron chi connectivity index (χ1n) is 11.8. The number of hydrogen-bond donors (Lipinski definition) is 1. The van der Waals surface area contributed by atoms with Gasteiger partial charge in [-0.3, -0.25) is 0 Å². The fraction of sp³-hybridized carbons (Fsp3) is 0.222. The lowest BCUT2D eigenvalue weighted by Gasteiger charge is -2.40. The molecule has 5 rings (SSSR count). The SMILES string of the molecule is C[C@H]1CN(c2nnc(-c3ccc(F)cc3)c3ccccc23)CCN1C(=O)Nc1ccc(C(F)(F)F)cc1F.Cl. The number of urea groups is 1. The van der Waals surface area contributed by atoms with Crippen LogP contribution in [0.1, 0.15) is 12.5 Å². The molecule has 12 heteroatoms. The fourth-order valence-electron chi connectivity index (χ4n) is 4.58. The van der Waals surface area contributed by atoms with E-state index in [1.165, 1.54) is 17.0 Å². The molecule has 1 aromatic heterocycles. The Morgan fingerprint density at radius 1 is 0.949 bits per heavy atom. The first kappa shape index (κ1) is 28.0. The van der Waals surface area contributed by atoms with Crippen LogP contribution in [0.3, 0.4) is 0 Å². The van der Waals surface area contributed by atoms with Gasteiger partial charge in [-0.15, -0.1) is 22.6 Å². The van der Waals surface area contributed by atoms with E-state index in [1.807, 2.05) is 36.1 Å². The number of piperazine rings is 1. The van der Waals surface area contributed by atoms with Crippen LogP contribution in [-0.4, -0.2) is 46.8 Å². The molecule has 1 fully saturated rings. The molecule has 0 radical (unpaired) electrons. The van der Waals surface area contributed by atoms with E-state index in [2.05, 4.69) is 15.5 Å². The lowest BCUT2D eigenvalue weighted by molar-refractivity contribution is -0.137. The van der Waals surface area contributed by atoms with E-state index in [4.69, 9.17) is 0 Å². The minimum absolute atomic E-state index is 0. The number of amides is 2. The van der Waals surface area contributed by atoms with E-state index in [0.29, 0.717) is 30.7 Å². The normalized spacial score (nSPS) is 15.7. The smallest absolute Gasteiger partial charge is 0.351 e. The molecule has 3 aromatic carbocycles. The topological polar surface area (TPSA) is 61.4 Å². The number of carbonyl (C=O) groups is 1. The van der Waals surface area contributed by atoms with Gasteiger partial charge in [-0.05, 0) is 49.4 Å². The molecule has 39 heavy (non-hydrogen) atoms. The van der Waals surface area contributed by atoms with Gasteiger partial charge in [0.1, 0.15) is 17.3 Å². The van der Waals surface area contributed by atoms with Gasteiger partial charge >= 0.3 is 12.2 Å². The van der Waals surface area contributed by atoms with E-state index in [0.717, 1.165) is 28.5 Å². The number of carbonyl (C=O) groups excluding carboxylic acids is 1. The van der Waals surface area contributed by atoms with Crippen molar-refractivity contribution in [3.05, 3.63) is 83.9 Å². The molecule has 0 bridgehead atoms. The lowest BCUT2D eigenvalue weighted by Crippen LogP contribution is -2.55. The van der Waals surface area contributed by atoms with Gasteiger partial charge in [0.05, 0.1) is 11.3 Å². The predicted octanol–water partition coefficient (Wildman–Crippen LogP) is 6.76. The summed E-state index contributed by atoms with van der Waals surface area (Å²) >= 11 is 0. The molecular weight excluding hydrogens is 541 g/mol. The molecule has 204 valence electrons. The first-order valence-corrected chi connectivity index (χ1v) is 11.8. The van der Waals surface area contributed by atoms with Gasteiger partial charge in [-0.1, -0.05) is 24.3 Å². The zero-order chi connectivity index (χ0) is 27.0. The van der Waals surface area contributed by atoms with Crippen molar-refractivity contribution < 1.29 is 26.7 Å². The van der Waals surface area contributed by atoms with Crippen LogP contribution in [0.25, 0.3) is 22.0 Å². The molecule has 1 aliphatic heterocycles. The van der Waals surface area contributed by atoms with Crippen molar-refractivity contribution in [1.29, 1.82) is 0 Å². The summed E-state index contributed by atoms with van der Waals surface area (Å²) in [6.45, 7) is 2.89. The first-order chi connectivity index (χ1) is 18.1. The zero-order valence-electron chi connectivity index (χ0n) is 20.5. The number of aromatic nitrogens is 2. The van der Waals surface area contributed by atoms with Crippen molar-refractivity contribution in [2.75, 3.05) is 29.9 Å². The highest BCUT2D eigenvalue weighted by molar-refractivity contribution is 6.00. The van der Waals surface area contributed by atoms with Crippen LogP contribution in [0.4, 0.5) is 38.3 Å². The molecule has 1 atom stereocenters. The second-order valence-corrected chi connectivity index (χ2v) is 9.04. The Morgan fingerprint density at radius 2 is 1.64 bits per heavy atom. The quantitative estimate of drug-likeness (QED) is 0.280. The number of rotatable bonds is 3. The molecule has 6 nitrogen and oxygen atoms in total. The van der Waals surface area contributed by atoms with Gasteiger partial charge in [0.2, 0.25) is 0 Å². The third-order valence-corrected chi connectivity index (χ3v) is 6.51. The van der Waals surface area contributed by atoms with E-state index < -0.39 is 23.6 Å². The average Bonchev–Trinajstić information content (AvgIpc) is 2.89. The van der Waals surface area contributed by atoms with Crippen molar-refractivity contribution in [1.82, 2.24) is 15.1 Å². The van der Waals surface area contributed by atoms with Gasteiger partial charge in [0.15, 0.2) is 5.82 Å². The van der Waals surface area contributed by atoms with E-state index in [9.17, 15) is 26.7 Å². The Balaban J connectivity index is 0.00000353. The van der Waals surface area contributed by atoms with E-state index in [1.54, 1.807) is 12.1 Å². The maximum absolute atomic E-state index is 14.2. The molecule has 2 amide bonds. The third-order valence-electron chi connectivity index (χ3n) is 6.51. The number of benzene rings is 3. The Labute approximate surface area is 226 Å². The van der Waals surface area contributed by atoms with Crippen LogP contribution in [0.15, 0.2) is 66.7 Å². The van der Waals surface area contributed by atoms with Gasteiger partial charge in [-0.25, -0.2) is 13.6 Å². The standard InChI is InChI=1S/C27H22F5N5O.ClH/c1-16-15-36(12-13-37(16)26(38)33-23-11-8-18(14-22(23)29)27(30,31)32)25-21-5-3-2-4-20(21)24(34-35-25)17-6-9-19(28)10-7-17;/h2-11,14,16H,12-13,15H2,1H3,(H,33,38);1H/t16-;/m0./s1. The van der Waals surface area contributed by atoms with Crippen LogP contribution in [0.2, 0.25) is 0 Å². The number of nitrogens with one attached hydrogen (secondary N) is 1. The van der Waals surface area contributed by atoms with Crippen LogP contribution in [0, 0.1) is 11.6 Å². The maximum Gasteiger partial charge on any atom is 0.416 e. The van der Waals surface area contributed by atoms with Crippen LogP contribution in [-0.2, 0) is 6.18 Å². The summed E-state index contributed by atoms with van der Waals surface area (Å²) in [4.78, 5) is 16.3. The van der Waals surface area contributed by atoms with Crippen molar-refractivity contribution in [3.8, 4) is 11.3 Å². The highest BCUT2D eigenvalue weighted by atomic mass is 35.5. The van der Waals surface area contributed by atoms with Crippen molar-refractivity contribution in [2.45, 2.75) is 19.1 Å². The van der Waals surface area contributed by atoms with Crippen LogP contribution < -0.4 is 10.2 Å². The summed E-state index contributed by atoms with van der Waals surface area (Å²) in [5, 5.41) is 12.9. The molecule has 4 aromatic rings. The summed E-state index contributed by atoms with van der Waals surface area (Å²) in [6.07, 6.45) is -4.68. The fourth-order valence-corrected chi connectivity index (χ4v) is 4.58. The van der Waals surface area contributed by atoms with Gasteiger partial charge in [0.25, 0.3) is 0 Å². The average molecular weight is 564 g/mol. The summed E-state index contributed by atoms with van der Waals surface area (Å²) in [7, 11) is 0. The van der Waals surface area contributed by atoms with Gasteiger partial charge in [-0.2, -0.15) is 13.2 Å². The summed E-state index contributed by atoms with van der Waals surface area (Å²) < 4.78 is 66.1. The molecule has 0 unspecified atom stereocenters. The van der Waals surface area contributed by atoms with Crippen LogP contribution in [0.5, 0.6) is 0 Å². The summed E-state index contributed by atoms with van der Waals surface area (Å²) in [5.41, 5.74) is -0.111. The molecule has 1 saturated heterocycles. The molecule has 1 aliphatic rings. The van der Waals surface area contributed by atoms with Crippen molar-refractivity contribution in [3.63, 3.8) is 0 Å². The molecule has 1 N–H and O–H groups in total.